The lowest BCUT2D eigenvalue weighted by molar-refractivity contribution is 0.00371. The van der Waals surface area contributed by atoms with E-state index < -0.39 is 11.5 Å². The Hall–Kier alpha value is -0.240. The van der Waals surface area contributed by atoms with Gasteiger partial charge in [0.2, 0.25) is 0 Å². The van der Waals surface area contributed by atoms with Crippen LogP contribution in [-0.4, -0.2) is 34.9 Å². The highest BCUT2D eigenvalue weighted by Crippen LogP contribution is 2.50. The fourth-order valence-electron chi connectivity index (χ4n) is 2.88. The molecule has 16 heavy (non-hydrogen) atoms. The third-order valence-electron chi connectivity index (χ3n) is 3.79. The molecular formula is C12H19NO2S. The summed E-state index contributed by atoms with van der Waals surface area (Å²) in [6.45, 7) is 2.11. The van der Waals surface area contributed by atoms with Crippen molar-refractivity contribution in [3.05, 3.63) is 0 Å². The molecule has 2 aliphatic heterocycles. The maximum Gasteiger partial charge on any atom is 0.112 e. The van der Waals surface area contributed by atoms with Crippen molar-refractivity contribution >= 4 is 11.8 Å². The highest BCUT2D eigenvalue weighted by molar-refractivity contribution is 7.99. The molecule has 0 aromatic carbocycles. The van der Waals surface area contributed by atoms with Gasteiger partial charge in [0.25, 0.3) is 0 Å². The molecule has 0 aromatic heterocycles. The normalized spacial score (nSPS) is 38.6. The third kappa shape index (κ3) is 1.97. The summed E-state index contributed by atoms with van der Waals surface area (Å²) in [6.07, 6.45) is 3.11. The van der Waals surface area contributed by atoms with Gasteiger partial charge >= 0.3 is 0 Å². The van der Waals surface area contributed by atoms with Gasteiger partial charge in [0, 0.05) is 0 Å². The Morgan fingerprint density at radius 3 is 2.94 bits per heavy atom. The third-order valence-corrected chi connectivity index (χ3v) is 4.72. The summed E-state index contributed by atoms with van der Waals surface area (Å²) in [7, 11) is 0. The molecule has 2 fully saturated rings. The SMILES string of the molecule is CCSCCC(O)C1(C#N)CC2CCC1O2. The smallest absolute Gasteiger partial charge is 0.112 e. The Morgan fingerprint density at radius 2 is 2.44 bits per heavy atom. The van der Waals surface area contributed by atoms with Crippen molar-refractivity contribution in [2.24, 2.45) is 5.41 Å². The molecular weight excluding hydrogens is 222 g/mol. The lowest BCUT2D eigenvalue weighted by atomic mass is 9.70. The number of ether oxygens (including phenoxy) is 1. The van der Waals surface area contributed by atoms with Gasteiger partial charge in [0.05, 0.1) is 24.4 Å². The Kier molecular flexibility index (Phi) is 3.78. The number of hydrogen-bond donors (Lipinski definition) is 1. The van der Waals surface area contributed by atoms with Crippen LogP contribution in [0.3, 0.4) is 0 Å². The van der Waals surface area contributed by atoms with Crippen molar-refractivity contribution < 1.29 is 9.84 Å². The van der Waals surface area contributed by atoms with Gasteiger partial charge in [-0.2, -0.15) is 17.0 Å². The number of nitriles is 1. The number of aliphatic hydroxyl groups is 1. The molecule has 2 aliphatic rings. The Bertz CT molecular complexity index is 291. The second kappa shape index (κ2) is 4.95. The summed E-state index contributed by atoms with van der Waals surface area (Å²) >= 11 is 1.81. The molecule has 0 amide bonds. The van der Waals surface area contributed by atoms with Crippen molar-refractivity contribution in [2.45, 2.75) is 50.9 Å². The molecule has 1 N–H and O–H groups in total. The van der Waals surface area contributed by atoms with E-state index in [1.807, 2.05) is 11.8 Å². The van der Waals surface area contributed by atoms with Crippen LogP contribution in [0.25, 0.3) is 0 Å². The van der Waals surface area contributed by atoms with Crippen LogP contribution in [0.1, 0.15) is 32.6 Å². The molecule has 2 saturated heterocycles. The predicted molar refractivity (Wildman–Crippen MR) is 64.2 cm³/mol. The summed E-state index contributed by atoms with van der Waals surface area (Å²) in [5.74, 6) is 1.99. The van der Waals surface area contributed by atoms with Crippen LogP contribution in [0.5, 0.6) is 0 Å². The molecule has 3 nitrogen and oxygen atoms in total. The number of rotatable bonds is 5. The fraction of sp³-hybridized carbons (Fsp3) is 0.917. The Morgan fingerprint density at radius 1 is 1.62 bits per heavy atom. The first-order valence-corrected chi connectivity index (χ1v) is 7.21. The zero-order valence-electron chi connectivity index (χ0n) is 9.69. The highest BCUT2D eigenvalue weighted by atomic mass is 32.2. The average molecular weight is 241 g/mol. The first-order valence-electron chi connectivity index (χ1n) is 6.05. The average Bonchev–Trinajstić information content (AvgIpc) is 2.89. The minimum Gasteiger partial charge on any atom is -0.391 e. The quantitative estimate of drug-likeness (QED) is 0.747. The zero-order valence-corrected chi connectivity index (χ0v) is 10.5. The zero-order chi connectivity index (χ0) is 11.6. The Balaban J connectivity index is 1.97. The van der Waals surface area contributed by atoms with Gasteiger partial charge < -0.3 is 9.84 Å². The van der Waals surface area contributed by atoms with Gasteiger partial charge in [-0.15, -0.1) is 0 Å². The number of nitrogens with zero attached hydrogens (tertiary/aromatic N) is 1. The highest BCUT2D eigenvalue weighted by Gasteiger charge is 2.56. The molecule has 90 valence electrons. The van der Waals surface area contributed by atoms with E-state index in [0.717, 1.165) is 30.8 Å². The van der Waals surface area contributed by atoms with Gasteiger partial charge in [-0.1, -0.05) is 6.92 Å². The van der Waals surface area contributed by atoms with E-state index in [1.165, 1.54) is 0 Å². The van der Waals surface area contributed by atoms with Gasteiger partial charge in [-0.25, -0.2) is 0 Å². The van der Waals surface area contributed by atoms with Crippen molar-refractivity contribution in [2.75, 3.05) is 11.5 Å². The Labute approximate surface area is 101 Å². The second-order valence-corrected chi connectivity index (χ2v) is 6.08. The largest absolute Gasteiger partial charge is 0.391 e. The summed E-state index contributed by atoms with van der Waals surface area (Å²) in [4.78, 5) is 0. The van der Waals surface area contributed by atoms with Crippen LogP contribution in [-0.2, 0) is 4.74 Å². The minimum absolute atomic E-state index is 0.0240. The summed E-state index contributed by atoms with van der Waals surface area (Å²) in [6, 6.07) is 2.35. The number of hydrogen-bond acceptors (Lipinski definition) is 4. The summed E-state index contributed by atoms with van der Waals surface area (Å²) in [5, 5.41) is 19.6. The maximum absolute atomic E-state index is 10.2. The lowest BCUT2D eigenvalue weighted by Crippen LogP contribution is -2.42. The standard InChI is InChI=1S/C12H19NO2S/c1-2-16-6-5-10(14)12(8-13)7-9-3-4-11(12)15-9/h9-11,14H,2-7H2,1H3. The van der Waals surface area contributed by atoms with Crippen LogP contribution in [0, 0.1) is 16.7 Å². The van der Waals surface area contributed by atoms with Crippen LogP contribution in [0.15, 0.2) is 0 Å². The van der Waals surface area contributed by atoms with E-state index in [1.54, 1.807) is 0 Å². The van der Waals surface area contributed by atoms with E-state index in [0.29, 0.717) is 6.42 Å². The van der Waals surface area contributed by atoms with E-state index in [9.17, 15) is 10.4 Å². The van der Waals surface area contributed by atoms with E-state index in [2.05, 4.69) is 13.0 Å². The molecule has 4 heteroatoms. The first kappa shape index (κ1) is 12.2. The monoisotopic (exact) mass is 241 g/mol. The van der Waals surface area contributed by atoms with Crippen LogP contribution >= 0.6 is 11.8 Å². The molecule has 0 saturated carbocycles. The van der Waals surface area contributed by atoms with Gasteiger partial charge in [-0.3, -0.25) is 0 Å². The molecule has 0 aliphatic carbocycles. The van der Waals surface area contributed by atoms with Gasteiger partial charge in [-0.05, 0) is 37.2 Å². The van der Waals surface area contributed by atoms with Crippen LogP contribution < -0.4 is 0 Å². The number of fused-ring (bicyclic) bond motifs is 2. The van der Waals surface area contributed by atoms with Gasteiger partial charge in [0.15, 0.2) is 0 Å². The molecule has 2 heterocycles. The lowest BCUT2D eigenvalue weighted by Gasteiger charge is -2.32. The first-order chi connectivity index (χ1) is 7.73. The molecule has 0 spiro atoms. The van der Waals surface area contributed by atoms with Crippen molar-refractivity contribution in [1.29, 1.82) is 5.26 Å². The molecule has 0 radical (unpaired) electrons. The molecule has 0 aromatic rings. The molecule has 4 atom stereocenters. The van der Waals surface area contributed by atoms with Crippen molar-refractivity contribution in [1.82, 2.24) is 0 Å². The predicted octanol–water partition coefficient (Wildman–Crippen LogP) is 1.95. The number of aliphatic hydroxyl groups excluding tert-OH is 1. The summed E-state index contributed by atoms with van der Waals surface area (Å²) in [5.41, 5.74) is -0.614. The van der Waals surface area contributed by atoms with Crippen molar-refractivity contribution in [3.63, 3.8) is 0 Å². The van der Waals surface area contributed by atoms with E-state index in [-0.39, 0.29) is 12.2 Å². The van der Waals surface area contributed by atoms with Crippen molar-refractivity contribution in [3.8, 4) is 6.07 Å². The topological polar surface area (TPSA) is 53.2 Å². The van der Waals surface area contributed by atoms with E-state index >= 15 is 0 Å². The molecule has 2 bridgehead atoms. The van der Waals surface area contributed by atoms with E-state index in [4.69, 9.17) is 4.74 Å². The second-order valence-electron chi connectivity index (χ2n) is 4.68. The maximum atomic E-state index is 10.2. The van der Waals surface area contributed by atoms with Crippen LogP contribution in [0.2, 0.25) is 0 Å². The fourth-order valence-corrected chi connectivity index (χ4v) is 3.56. The summed E-state index contributed by atoms with van der Waals surface area (Å²) < 4.78 is 5.72. The number of thioether (sulfide) groups is 1. The minimum atomic E-state index is -0.614. The van der Waals surface area contributed by atoms with Crippen LogP contribution in [0.4, 0.5) is 0 Å². The van der Waals surface area contributed by atoms with Gasteiger partial charge in [0.1, 0.15) is 5.41 Å². The molecule has 4 unspecified atom stereocenters. The molecule has 2 rings (SSSR count).